The summed E-state index contributed by atoms with van der Waals surface area (Å²) < 4.78 is 23.6. The zero-order chi connectivity index (χ0) is 13.7. The number of hydrogen-bond donors (Lipinski definition) is 1. The highest BCUT2D eigenvalue weighted by molar-refractivity contribution is 5.29. The minimum Gasteiger partial charge on any atom is -0.497 e. The van der Waals surface area contributed by atoms with E-state index in [1.54, 1.807) is 43.5 Å². The van der Waals surface area contributed by atoms with Crippen LogP contribution in [0.25, 0.3) is 0 Å². The Kier molecular flexibility index (Phi) is 4.36. The molecule has 0 radical (unpaired) electrons. The van der Waals surface area contributed by atoms with Gasteiger partial charge in [-0.05, 0) is 29.8 Å². The van der Waals surface area contributed by atoms with Gasteiger partial charge in [0.25, 0.3) is 0 Å². The van der Waals surface area contributed by atoms with E-state index >= 15 is 0 Å². The van der Waals surface area contributed by atoms with Gasteiger partial charge in [-0.2, -0.15) is 0 Å². The van der Waals surface area contributed by atoms with E-state index in [0.29, 0.717) is 11.3 Å². The van der Waals surface area contributed by atoms with E-state index in [1.165, 1.54) is 12.1 Å². The second-order valence-corrected chi connectivity index (χ2v) is 4.03. The monoisotopic (exact) mass is 262 g/mol. The average molecular weight is 262 g/mol. The van der Waals surface area contributed by atoms with Gasteiger partial charge in [0.2, 0.25) is 0 Å². The maximum atomic E-state index is 13.3. The highest BCUT2D eigenvalue weighted by Crippen LogP contribution is 2.20. The van der Waals surface area contributed by atoms with Gasteiger partial charge in [0.1, 0.15) is 18.5 Å². The van der Waals surface area contributed by atoms with E-state index in [4.69, 9.17) is 9.47 Å². The maximum Gasteiger partial charge on any atom is 0.165 e. The van der Waals surface area contributed by atoms with Crippen LogP contribution in [-0.4, -0.2) is 18.8 Å². The van der Waals surface area contributed by atoms with E-state index in [2.05, 4.69) is 0 Å². The second kappa shape index (κ2) is 6.20. The van der Waals surface area contributed by atoms with Crippen LogP contribution in [0.2, 0.25) is 0 Å². The molecule has 0 heterocycles. The second-order valence-electron chi connectivity index (χ2n) is 4.03. The standard InChI is InChI=1S/C15H15FO3/c1-18-12-8-6-11(7-9-12)14(17)10-19-15-5-3-2-4-13(15)16/h2-9,14,17H,10H2,1H3. The molecule has 0 aliphatic heterocycles. The molecule has 1 atom stereocenters. The van der Waals surface area contributed by atoms with E-state index in [9.17, 15) is 9.50 Å². The molecule has 0 fully saturated rings. The summed E-state index contributed by atoms with van der Waals surface area (Å²) in [6, 6.07) is 13.1. The molecule has 2 aromatic rings. The predicted molar refractivity (Wildman–Crippen MR) is 69.8 cm³/mol. The van der Waals surface area contributed by atoms with Crippen molar-refractivity contribution >= 4 is 0 Å². The first-order valence-electron chi connectivity index (χ1n) is 5.90. The Morgan fingerprint density at radius 1 is 1.11 bits per heavy atom. The van der Waals surface area contributed by atoms with Gasteiger partial charge >= 0.3 is 0 Å². The van der Waals surface area contributed by atoms with Crippen molar-refractivity contribution in [1.82, 2.24) is 0 Å². The lowest BCUT2D eigenvalue weighted by molar-refractivity contribution is 0.106. The SMILES string of the molecule is COc1ccc(C(O)COc2ccccc2F)cc1. The molecular formula is C15H15FO3. The van der Waals surface area contributed by atoms with Crippen LogP contribution < -0.4 is 9.47 Å². The van der Waals surface area contributed by atoms with Crippen molar-refractivity contribution in [3.63, 3.8) is 0 Å². The highest BCUT2D eigenvalue weighted by atomic mass is 19.1. The Labute approximate surface area is 111 Å². The summed E-state index contributed by atoms with van der Waals surface area (Å²) in [5.74, 6) is 0.408. The van der Waals surface area contributed by atoms with E-state index in [1.807, 2.05) is 0 Å². The molecule has 100 valence electrons. The number of para-hydroxylation sites is 1. The van der Waals surface area contributed by atoms with Crippen LogP contribution in [0.1, 0.15) is 11.7 Å². The molecule has 4 heteroatoms. The predicted octanol–water partition coefficient (Wildman–Crippen LogP) is 2.95. The van der Waals surface area contributed by atoms with Crippen molar-refractivity contribution in [3.05, 3.63) is 59.9 Å². The molecule has 2 aromatic carbocycles. The Bertz CT molecular complexity index is 525. The highest BCUT2D eigenvalue weighted by Gasteiger charge is 2.10. The first kappa shape index (κ1) is 13.4. The zero-order valence-electron chi connectivity index (χ0n) is 10.5. The summed E-state index contributed by atoms with van der Waals surface area (Å²) >= 11 is 0. The fourth-order valence-electron chi connectivity index (χ4n) is 1.65. The lowest BCUT2D eigenvalue weighted by atomic mass is 10.1. The quantitative estimate of drug-likeness (QED) is 0.900. The van der Waals surface area contributed by atoms with E-state index < -0.39 is 11.9 Å². The summed E-state index contributed by atoms with van der Waals surface area (Å²) in [7, 11) is 1.58. The molecule has 0 aliphatic carbocycles. The third-order valence-corrected chi connectivity index (χ3v) is 2.73. The lowest BCUT2D eigenvalue weighted by Gasteiger charge is -2.13. The summed E-state index contributed by atoms with van der Waals surface area (Å²) in [6.07, 6.45) is -0.814. The van der Waals surface area contributed by atoms with Crippen LogP contribution in [-0.2, 0) is 0 Å². The third-order valence-electron chi connectivity index (χ3n) is 2.73. The number of ether oxygens (including phenoxy) is 2. The van der Waals surface area contributed by atoms with Crippen LogP contribution in [0.5, 0.6) is 11.5 Å². The van der Waals surface area contributed by atoms with Crippen LogP contribution >= 0.6 is 0 Å². The van der Waals surface area contributed by atoms with Gasteiger partial charge in [0, 0.05) is 0 Å². The van der Waals surface area contributed by atoms with Crippen molar-refractivity contribution in [2.75, 3.05) is 13.7 Å². The zero-order valence-corrected chi connectivity index (χ0v) is 10.5. The number of aliphatic hydroxyl groups is 1. The molecule has 0 bridgehead atoms. The number of hydrogen-bond acceptors (Lipinski definition) is 3. The van der Waals surface area contributed by atoms with E-state index in [-0.39, 0.29) is 12.4 Å². The topological polar surface area (TPSA) is 38.7 Å². The molecule has 3 nitrogen and oxygen atoms in total. The average Bonchev–Trinajstić information content (AvgIpc) is 2.46. The first-order chi connectivity index (χ1) is 9.20. The smallest absolute Gasteiger partial charge is 0.165 e. The normalized spacial score (nSPS) is 11.9. The molecule has 2 rings (SSSR count). The van der Waals surface area contributed by atoms with Crippen molar-refractivity contribution in [2.45, 2.75) is 6.10 Å². The minimum absolute atomic E-state index is 0.00668. The van der Waals surface area contributed by atoms with Crippen LogP contribution in [0.4, 0.5) is 4.39 Å². The van der Waals surface area contributed by atoms with Gasteiger partial charge in [-0.15, -0.1) is 0 Å². The van der Waals surface area contributed by atoms with Gasteiger partial charge in [0.05, 0.1) is 7.11 Å². The molecule has 0 saturated heterocycles. The molecule has 0 saturated carbocycles. The summed E-state index contributed by atoms with van der Waals surface area (Å²) in [4.78, 5) is 0. The molecule has 0 aliphatic rings. The third kappa shape index (κ3) is 3.45. The number of halogens is 1. The van der Waals surface area contributed by atoms with Crippen molar-refractivity contribution in [2.24, 2.45) is 0 Å². The van der Waals surface area contributed by atoms with Crippen molar-refractivity contribution in [1.29, 1.82) is 0 Å². The number of rotatable bonds is 5. The van der Waals surface area contributed by atoms with Gasteiger partial charge in [0.15, 0.2) is 11.6 Å². The Hall–Kier alpha value is -2.07. The van der Waals surface area contributed by atoms with Crippen LogP contribution in [0.15, 0.2) is 48.5 Å². The Morgan fingerprint density at radius 2 is 1.79 bits per heavy atom. The number of benzene rings is 2. The minimum atomic E-state index is -0.814. The summed E-state index contributed by atoms with van der Waals surface area (Å²) in [6.45, 7) is -0.00668. The fraction of sp³-hybridized carbons (Fsp3) is 0.200. The van der Waals surface area contributed by atoms with Crippen LogP contribution in [0.3, 0.4) is 0 Å². The molecule has 1 unspecified atom stereocenters. The summed E-state index contributed by atoms with van der Waals surface area (Å²) in [5.41, 5.74) is 0.692. The first-order valence-corrected chi connectivity index (χ1v) is 5.90. The van der Waals surface area contributed by atoms with Gasteiger partial charge in [-0.25, -0.2) is 4.39 Å². The lowest BCUT2D eigenvalue weighted by Crippen LogP contribution is -2.10. The molecule has 19 heavy (non-hydrogen) atoms. The molecule has 0 spiro atoms. The number of aliphatic hydroxyl groups excluding tert-OH is 1. The van der Waals surface area contributed by atoms with Gasteiger partial charge in [-0.3, -0.25) is 0 Å². The molecular weight excluding hydrogens is 247 g/mol. The Morgan fingerprint density at radius 3 is 2.42 bits per heavy atom. The fourth-order valence-corrected chi connectivity index (χ4v) is 1.65. The largest absolute Gasteiger partial charge is 0.497 e. The van der Waals surface area contributed by atoms with E-state index in [0.717, 1.165) is 0 Å². The maximum absolute atomic E-state index is 13.3. The summed E-state index contributed by atoms with van der Waals surface area (Å²) in [5, 5.41) is 9.95. The van der Waals surface area contributed by atoms with Crippen LogP contribution in [0, 0.1) is 5.82 Å². The Balaban J connectivity index is 1.97. The van der Waals surface area contributed by atoms with Gasteiger partial charge < -0.3 is 14.6 Å². The van der Waals surface area contributed by atoms with Crippen molar-refractivity contribution in [3.8, 4) is 11.5 Å². The van der Waals surface area contributed by atoms with Gasteiger partial charge in [-0.1, -0.05) is 24.3 Å². The molecule has 0 aromatic heterocycles. The molecule has 1 N–H and O–H groups in total. The number of methoxy groups -OCH3 is 1. The van der Waals surface area contributed by atoms with Crippen molar-refractivity contribution < 1.29 is 19.0 Å². The molecule has 0 amide bonds.